The molecule has 1 unspecified atom stereocenters. The molecule has 2 fully saturated rings. The fourth-order valence-electron chi connectivity index (χ4n) is 2.43. The maximum Gasteiger partial charge on any atom is 0.243 e. The van der Waals surface area contributed by atoms with Gasteiger partial charge in [0.1, 0.15) is 6.54 Å². The summed E-state index contributed by atoms with van der Waals surface area (Å²) in [6.07, 6.45) is 1.55. The molecule has 2 rings (SSSR count). The first-order chi connectivity index (χ1) is 9.11. The lowest BCUT2D eigenvalue weighted by atomic mass is 10.0. The molecular weight excluding hydrogens is 248 g/mol. The molecule has 0 N–H and O–H groups in total. The molecule has 0 spiro atoms. The van der Waals surface area contributed by atoms with Gasteiger partial charge in [0, 0.05) is 19.1 Å². The molecule has 19 heavy (non-hydrogen) atoms. The molecule has 1 atom stereocenters. The number of Topliss-reactive ketones (excluding diaryl/α,β-unsaturated/α-hetero) is 1. The topological polar surface area (TPSA) is 66.9 Å². The maximum absolute atomic E-state index is 12.0. The van der Waals surface area contributed by atoms with Gasteiger partial charge in [0.25, 0.3) is 0 Å². The summed E-state index contributed by atoms with van der Waals surface area (Å²) >= 11 is 0. The number of carbonyl (C=O) groups is 3. The monoisotopic (exact) mass is 268 g/mol. The smallest absolute Gasteiger partial charge is 0.243 e. The number of nitrogens with zero attached hydrogens (tertiary/aromatic N) is 2. The van der Waals surface area contributed by atoms with Gasteiger partial charge in [-0.05, 0) is 12.8 Å². The Morgan fingerprint density at radius 3 is 2.58 bits per heavy atom. The highest BCUT2D eigenvalue weighted by molar-refractivity contribution is 5.95. The molecule has 6 nitrogen and oxygen atoms in total. The lowest BCUT2D eigenvalue weighted by molar-refractivity contribution is -0.151. The van der Waals surface area contributed by atoms with Crippen LogP contribution in [0.25, 0.3) is 0 Å². The number of ether oxygens (including phenoxy) is 1. The molecule has 0 aromatic heterocycles. The van der Waals surface area contributed by atoms with E-state index in [4.69, 9.17) is 4.74 Å². The summed E-state index contributed by atoms with van der Waals surface area (Å²) in [4.78, 5) is 38.7. The van der Waals surface area contributed by atoms with Crippen molar-refractivity contribution in [2.24, 2.45) is 5.92 Å². The van der Waals surface area contributed by atoms with Crippen molar-refractivity contribution < 1.29 is 19.1 Å². The molecule has 0 aromatic rings. The molecule has 2 aliphatic rings. The van der Waals surface area contributed by atoms with Gasteiger partial charge in [-0.2, -0.15) is 0 Å². The fourth-order valence-corrected chi connectivity index (χ4v) is 2.43. The number of hydrogen-bond donors (Lipinski definition) is 0. The van der Waals surface area contributed by atoms with Crippen LogP contribution in [0.15, 0.2) is 0 Å². The van der Waals surface area contributed by atoms with Crippen molar-refractivity contribution in [2.45, 2.75) is 19.8 Å². The fraction of sp³-hybridized carbons (Fsp3) is 0.769. The average Bonchev–Trinajstić information content (AvgIpc) is 2.89. The summed E-state index contributed by atoms with van der Waals surface area (Å²) in [5.74, 6) is -0.323. The maximum atomic E-state index is 12.0. The molecule has 2 aliphatic heterocycles. The Balaban J connectivity index is 1.89. The number of piperazine rings is 1. The number of ketones is 1. The van der Waals surface area contributed by atoms with Crippen LogP contribution in [0.2, 0.25) is 0 Å². The van der Waals surface area contributed by atoms with E-state index in [1.807, 2.05) is 6.92 Å². The third kappa shape index (κ3) is 3.32. The summed E-state index contributed by atoms with van der Waals surface area (Å²) in [6.45, 7) is 3.78. The Kier molecular flexibility index (Phi) is 4.52. The minimum absolute atomic E-state index is 0.00240. The van der Waals surface area contributed by atoms with E-state index in [9.17, 15) is 14.4 Å². The van der Waals surface area contributed by atoms with Crippen LogP contribution in [-0.2, 0) is 19.1 Å². The Morgan fingerprint density at radius 2 is 1.95 bits per heavy atom. The summed E-state index contributed by atoms with van der Waals surface area (Å²) in [7, 11) is 0. The van der Waals surface area contributed by atoms with Gasteiger partial charge in [-0.15, -0.1) is 0 Å². The van der Waals surface area contributed by atoms with E-state index in [0.29, 0.717) is 19.8 Å². The highest BCUT2D eigenvalue weighted by Gasteiger charge is 2.32. The van der Waals surface area contributed by atoms with Crippen LogP contribution >= 0.6 is 0 Å². The second-order valence-electron chi connectivity index (χ2n) is 5.09. The van der Waals surface area contributed by atoms with E-state index in [-0.39, 0.29) is 43.1 Å². The van der Waals surface area contributed by atoms with Crippen LogP contribution in [-0.4, -0.2) is 66.8 Å². The second-order valence-corrected chi connectivity index (χ2v) is 5.09. The van der Waals surface area contributed by atoms with Gasteiger partial charge < -0.3 is 14.5 Å². The van der Waals surface area contributed by atoms with Gasteiger partial charge in [0.15, 0.2) is 5.78 Å². The van der Waals surface area contributed by atoms with Gasteiger partial charge in [0.05, 0.1) is 19.7 Å². The third-order valence-corrected chi connectivity index (χ3v) is 3.58. The minimum Gasteiger partial charge on any atom is -0.381 e. The highest BCUT2D eigenvalue weighted by Crippen LogP contribution is 2.15. The summed E-state index contributed by atoms with van der Waals surface area (Å²) < 4.78 is 5.16. The Bertz CT molecular complexity index is 377. The normalized spacial score (nSPS) is 24.2. The van der Waals surface area contributed by atoms with Gasteiger partial charge >= 0.3 is 0 Å². The molecule has 6 heteroatoms. The van der Waals surface area contributed by atoms with Crippen molar-refractivity contribution in [2.75, 3.05) is 39.4 Å². The average molecular weight is 268 g/mol. The van der Waals surface area contributed by atoms with Gasteiger partial charge in [0.2, 0.25) is 11.8 Å². The third-order valence-electron chi connectivity index (χ3n) is 3.58. The first-order valence-electron chi connectivity index (χ1n) is 6.77. The lowest BCUT2D eigenvalue weighted by Gasteiger charge is -2.33. The standard InChI is InChI=1S/C13H20N2O4/c1-2-4-14-7-13(18)15(8-12(14)17)6-11(16)10-3-5-19-9-10/h10H,2-9H2,1H3. The summed E-state index contributed by atoms with van der Waals surface area (Å²) in [6, 6.07) is 0. The van der Waals surface area contributed by atoms with Crippen LogP contribution in [0, 0.1) is 5.92 Å². The zero-order chi connectivity index (χ0) is 13.8. The molecule has 0 saturated carbocycles. The molecule has 0 radical (unpaired) electrons. The number of hydrogen-bond acceptors (Lipinski definition) is 4. The van der Waals surface area contributed by atoms with Crippen LogP contribution < -0.4 is 0 Å². The number of carbonyl (C=O) groups excluding carboxylic acids is 3. The Labute approximate surface area is 112 Å². The molecule has 0 aliphatic carbocycles. The van der Waals surface area contributed by atoms with Crippen LogP contribution in [0.1, 0.15) is 19.8 Å². The van der Waals surface area contributed by atoms with Crippen LogP contribution in [0.4, 0.5) is 0 Å². The Hall–Kier alpha value is -1.43. The van der Waals surface area contributed by atoms with Crippen molar-refractivity contribution in [1.82, 2.24) is 9.80 Å². The SMILES string of the molecule is CCCN1CC(=O)N(CC(=O)C2CCOC2)CC1=O. The van der Waals surface area contributed by atoms with Crippen molar-refractivity contribution in [3.8, 4) is 0 Å². The molecule has 2 amide bonds. The van der Waals surface area contributed by atoms with E-state index in [1.54, 1.807) is 4.90 Å². The molecule has 2 saturated heterocycles. The van der Waals surface area contributed by atoms with Crippen LogP contribution in [0.5, 0.6) is 0 Å². The van der Waals surface area contributed by atoms with Crippen molar-refractivity contribution >= 4 is 17.6 Å². The quantitative estimate of drug-likeness (QED) is 0.685. The minimum atomic E-state index is -0.139. The van der Waals surface area contributed by atoms with E-state index in [0.717, 1.165) is 12.8 Å². The molecule has 0 bridgehead atoms. The van der Waals surface area contributed by atoms with Crippen LogP contribution in [0.3, 0.4) is 0 Å². The lowest BCUT2D eigenvalue weighted by Crippen LogP contribution is -2.55. The van der Waals surface area contributed by atoms with E-state index in [2.05, 4.69) is 0 Å². The van der Waals surface area contributed by atoms with Gasteiger partial charge in [-0.1, -0.05) is 6.92 Å². The van der Waals surface area contributed by atoms with E-state index >= 15 is 0 Å². The Morgan fingerprint density at radius 1 is 1.26 bits per heavy atom. The first kappa shape index (κ1) is 14.0. The van der Waals surface area contributed by atoms with Gasteiger partial charge in [-0.25, -0.2) is 0 Å². The van der Waals surface area contributed by atoms with Crippen molar-refractivity contribution in [3.05, 3.63) is 0 Å². The largest absolute Gasteiger partial charge is 0.381 e. The molecular formula is C13H20N2O4. The van der Waals surface area contributed by atoms with Crippen molar-refractivity contribution in [3.63, 3.8) is 0 Å². The number of rotatable bonds is 5. The van der Waals surface area contributed by atoms with Crippen molar-refractivity contribution in [1.29, 1.82) is 0 Å². The summed E-state index contributed by atoms with van der Waals surface area (Å²) in [5.41, 5.74) is 0. The van der Waals surface area contributed by atoms with E-state index < -0.39 is 0 Å². The first-order valence-corrected chi connectivity index (χ1v) is 6.77. The van der Waals surface area contributed by atoms with E-state index in [1.165, 1.54) is 4.90 Å². The molecule has 0 aromatic carbocycles. The highest BCUT2D eigenvalue weighted by atomic mass is 16.5. The molecule has 106 valence electrons. The number of amides is 2. The molecule has 2 heterocycles. The zero-order valence-corrected chi connectivity index (χ0v) is 11.3. The predicted octanol–water partition coefficient (Wildman–Crippen LogP) is -0.327. The van der Waals surface area contributed by atoms with Gasteiger partial charge in [-0.3, -0.25) is 14.4 Å². The zero-order valence-electron chi connectivity index (χ0n) is 11.3. The predicted molar refractivity (Wildman–Crippen MR) is 67.4 cm³/mol. The summed E-state index contributed by atoms with van der Waals surface area (Å²) in [5, 5.41) is 0. The second kappa shape index (κ2) is 6.14.